The monoisotopic (exact) mass is 363 g/mol. The molecule has 0 amide bonds. The minimum absolute atomic E-state index is 0.0616. The molecule has 5 heteroatoms. The van der Waals surface area contributed by atoms with Gasteiger partial charge in [-0.2, -0.15) is 0 Å². The predicted molar refractivity (Wildman–Crippen MR) is 107 cm³/mol. The standard InChI is InChI=1S/C20H29NO3S/c1-3-4-9-19(25)21-18-15-17(22-2)12-11-16(18)8-7-14-24-20-10-5-6-13-23-20/h7-8,11-12,15,20H,3-6,9-10,13-14H2,1-2H3,(H,21,25)/b8-7-. The van der Waals surface area contributed by atoms with Crippen LogP contribution in [0.15, 0.2) is 24.3 Å². The third-order valence-electron chi connectivity index (χ3n) is 4.11. The van der Waals surface area contributed by atoms with E-state index >= 15 is 0 Å². The molecule has 1 fully saturated rings. The molecule has 0 aliphatic carbocycles. The first-order chi connectivity index (χ1) is 12.2. The van der Waals surface area contributed by atoms with Crippen molar-refractivity contribution in [2.75, 3.05) is 25.6 Å². The highest BCUT2D eigenvalue weighted by atomic mass is 32.1. The lowest BCUT2D eigenvalue weighted by Crippen LogP contribution is -2.22. The molecule has 0 spiro atoms. The molecular weight excluding hydrogens is 334 g/mol. The van der Waals surface area contributed by atoms with Gasteiger partial charge >= 0.3 is 0 Å². The Kier molecular flexibility index (Phi) is 8.94. The van der Waals surface area contributed by atoms with E-state index < -0.39 is 0 Å². The molecule has 1 heterocycles. The third kappa shape index (κ3) is 7.14. The van der Waals surface area contributed by atoms with Crippen LogP contribution in [0, 0.1) is 0 Å². The summed E-state index contributed by atoms with van der Waals surface area (Å²) in [6.45, 7) is 3.50. The second-order valence-corrected chi connectivity index (χ2v) is 6.63. The summed E-state index contributed by atoms with van der Waals surface area (Å²) in [5.74, 6) is 0.810. The zero-order chi connectivity index (χ0) is 17.9. The topological polar surface area (TPSA) is 39.7 Å². The molecule has 138 valence electrons. The van der Waals surface area contributed by atoms with Crippen LogP contribution in [-0.2, 0) is 9.47 Å². The first-order valence-electron chi connectivity index (χ1n) is 9.10. The van der Waals surface area contributed by atoms with E-state index in [-0.39, 0.29) is 6.29 Å². The van der Waals surface area contributed by atoms with Gasteiger partial charge in [0.15, 0.2) is 6.29 Å². The zero-order valence-corrected chi connectivity index (χ0v) is 16.1. The molecule has 25 heavy (non-hydrogen) atoms. The zero-order valence-electron chi connectivity index (χ0n) is 15.3. The fourth-order valence-corrected chi connectivity index (χ4v) is 2.90. The SMILES string of the molecule is CCCCC(=S)Nc1cc(OC)ccc1/C=C\COC1CCCCO1. The molecule has 1 aromatic rings. The highest BCUT2D eigenvalue weighted by Crippen LogP contribution is 2.24. The van der Waals surface area contributed by atoms with Crippen molar-refractivity contribution >= 4 is 29.0 Å². The van der Waals surface area contributed by atoms with Gasteiger partial charge in [0, 0.05) is 18.4 Å². The third-order valence-corrected chi connectivity index (χ3v) is 4.41. The lowest BCUT2D eigenvalue weighted by atomic mass is 10.1. The van der Waals surface area contributed by atoms with Crippen LogP contribution in [0.4, 0.5) is 5.69 Å². The van der Waals surface area contributed by atoms with Crippen LogP contribution in [0.3, 0.4) is 0 Å². The van der Waals surface area contributed by atoms with Gasteiger partial charge in [-0.05, 0) is 49.8 Å². The van der Waals surface area contributed by atoms with Crippen molar-refractivity contribution < 1.29 is 14.2 Å². The van der Waals surface area contributed by atoms with Crippen LogP contribution in [0.5, 0.6) is 5.75 Å². The number of thiocarbonyl (C=S) groups is 1. The largest absolute Gasteiger partial charge is 0.497 e. The van der Waals surface area contributed by atoms with Gasteiger partial charge in [0.2, 0.25) is 0 Å². The molecule has 1 N–H and O–H groups in total. The number of unbranched alkanes of at least 4 members (excludes halogenated alkanes) is 1. The van der Waals surface area contributed by atoms with E-state index in [9.17, 15) is 0 Å². The summed E-state index contributed by atoms with van der Waals surface area (Å²) in [5, 5.41) is 3.35. The van der Waals surface area contributed by atoms with Crippen LogP contribution < -0.4 is 10.1 Å². The molecule has 0 radical (unpaired) electrons. The molecule has 1 aliphatic heterocycles. The Hall–Kier alpha value is -1.43. The van der Waals surface area contributed by atoms with Gasteiger partial charge in [0.05, 0.1) is 18.7 Å². The first kappa shape index (κ1) is 19.9. The Bertz CT molecular complexity index is 568. The maximum atomic E-state index is 5.74. The summed E-state index contributed by atoms with van der Waals surface area (Å²) in [6.07, 6.45) is 10.4. The Morgan fingerprint density at radius 1 is 1.40 bits per heavy atom. The molecule has 1 aromatic carbocycles. The van der Waals surface area contributed by atoms with Crippen molar-refractivity contribution in [1.29, 1.82) is 0 Å². The number of benzene rings is 1. The van der Waals surface area contributed by atoms with E-state index in [0.29, 0.717) is 6.61 Å². The van der Waals surface area contributed by atoms with E-state index in [1.165, 1.54) is 6.42 Å². The van der Waals surface area contributed by atoms with E-state index in [2.05, 4.69) is 12.2 Å². The smallest absolute Gasteiger partial charge is 0.157 e. The summed E-state index contributed by atoms with van der Waals surface area (Å²) in [5.41, 5.74) is 2.03. The van der Waals surface area contributed by atoms with E-state index in [0.717, 1.165) is 60.7 Å². The predicted octanol–water partition coefficient (Wildman–Crippen LogP) is 5.18. The molecule has 1 aliphatic rings. The van der Waals surface area contributed by atoms with Crippen LogP contribution in [0.25, 0.3) is 6.08 Å². The van der Waals surface area contributed by atoms with E-state index in [1.54, 1.807) is 7.11 Å². The molecule has 0 saturated carbocycles. The molecule has 1 unspecified atom stereocenters. The van der Waals surface area contributed by atoms with Crippen LogP contribution >= 0.6 is 12.2 Å². The van der Waals surface area contributed by atoms with Crippen molar-refractivity contribution in [1.82, 2.24) is 0 Å². The van der Waals surface area contributed by atoms with Gasteiger partial charge < -0.3 is 19.5 Å². The summed E-state index contributed by atoms with van der Waals surface area (Å²) in [4.78, 5) is 0.858. The fraction of sp³-hybridized carbons (Fsp3) is 0.550. The van der Waals surface area contributed by atoms with Crippen LogP contribution in [0.1, 0.15) is 51.0 Å². The summed E-state index contributed by atoms with van der Waals surface area (Å²) in [6, 6.07) is 5.95. The summed E-state index contributed by atoms with van der Waals surface area (Å²) in [7, 11) is 1.67. The fourth-order valence-electron chi connectivity index (χ4n) is 2.65. The maximum Gasteiger partial charge on any atom is 0.157 e. The Balaban J connectivity index is 1.95. The molecule has 4 nitrogen and oxygen atoms in total. The van der Waals surface area contributed by atoms with Gasteiger partial charge in [-0.1, -0.05) is 37.7 Å². The van der Waals surface area contributed by atoms with Crippen molar-refractivity contribution in [3.05, 3.63) is 29.8 Å². The van der Waals surface area contributed by atoms with E-state index in [1.807, 2.05) is 30.4 Å². The minimum atomic E-state index is -0.0616. The van der Waals surface area contributed by atoms with Gasteiger partial charge in [0.25, 0.3) is 0 Å². The highest BCUT2D eigenvalue weighted by molar-refractivity contribution is 7.80. The summed E-state index contributed by atoms with van der Waals surface area (Å²) >= 11 is 5.44. The Labute approximate surface area is 156 Å². The van der Waals surface area contributed by atoms with Gasteiger partial charge in [-0.15, -0.1) is 0 Å². The number of hydrogen-bond donors (Lipinski definition) is 1. The number of methoxy groups -OCH3 is 1. The summed E-state index contributed by atoms with van der Waals surface area (Å²) < 4.78 is 16.6. The number of anilines is 1. The van der Waals surface area contributed by atoms with Gasteiger partial charge in [0.1, 0.15) is 5.75 Å². The number of rotatable bonds is 9. The second kappa shape index (κ2) is 11.2. The average Bonchev–Trinajstić information content (AvgIpc) is 2.65. The van der Waals surface area contributed by atoms with Crippen molar-refractivity contribution in [3.63, 3.8) is 0 Å². The van der Waals surface area contributed by atoms with Gasteiger partial charge in [-0.25, -0.2) is 0 Å². The molecule has 0 aromatic heterocycles. The van der Waals surface area contributed by atoms with Crippen molar-refractivity contribution in [3.8, 4) is 5.75 Å². The quantitative estimate of drug-likeness (QED) is 0.612. The number of nitrogens with one attached hydrogen (secondary N) is 1. The molecule has 2 rings (SSSR count). The molecule has 1 saturated heterocycles. The van der Waals surface area contributed by atoms with Crippen molar-refractivity contribution in [2.24, 2.45) is 0 Å². The van der Waals surface area contributed by atoms with E-state index in [4.69, 9.17) is 26.4 Å². The first-order valence-corrected chi connectivity index (χ1v) is 9.51. The second-order valence-electron chi connectivity index (χ2n) is 6.14. The number of hydrogen-bond acceptors (Lipinski definition) is 4. The Morgan fingerprint density at radius 3 is 3.00 bits per heavy atom. The molecular formula is C20H29NO3S. The lowest BCUT2D eigenvalue weighted by molar-refractivity contribution is -0.155. The number of ether oxygens (including phenoxy) is 3. The maximum absolute atomic E-state index is 5.74. The highest BCUT2D eigenvalue weighted by Gasteiger charge is 2.12. The van der Waals surface area contributed by atoms with Crippen molar-refractivity contribution in [2.45, 2.75) is 51.7 Å². The Morgan fingerprint density at radius 2 is 2.28 bits per heavy atom. The normalized spacial score (nSPS) is 17.6. The molecule has 1 atom stereocenters. The minimum Gasteiger partial charge on any atom is -0.497 e. The van der Waals surface area contributed by atoms with Crippen LogP contribution in [0.2, 0.25) is 0 Å². The van der Waals surface area contributed by atoms with Crippen LogP contribution in [-0.4, -0.2) is 31.6 Å². The lowest BCUT2D eigenvalue weighted by Gasteiger charge is -2.21. The average molecular weight is 364 g/mol. The molecule has 0 bridgehead atoms. The van der Waals surface area contributed by atoms with Gasteiger partial charge in [-0.3, -0.25) is 0 Å².